The summed E-state index contributed by atoms with van der Waals surface area (Å²) in [6, 6.07) is 6.55. The first-order chi connectivity index (χ1) is 11.6. The van der Waals surface area contributed by atoms with E-state index in [4.69, 9.17) is 5.26 Å². The lowest BCUT2D eigenvalue weighted by atomic mass is 9.90. The zero-order valence-corrected chi connectivity index (χ0v) is 13.5. The van der Waals surface area contributed by atoms with Crippen molar-refractivity contribution in [2.45, 2.75) is 44.4 Å². The van der Waals surface area contributed by atoms with E-state index >= 15 is 0 Å². The van der Waals surface area contributed by atoms with E-state index in [1.165, 1.54) is 18.2 Å². The number of benzene rings is 1. The van der Waals surface area contributed by atoms with Crippen LogP contribution in [-0.4, -0.2) is 41.1 Å². The Hall–Kier alpha value is -1.97. The number of piperidine rings is 1. The first kappa shape index (κ1) is 16.9. The monoisotopic (exact) mass is 331 g/mol. The molecule has 0 unspecified atom stereocenters. The topological polar surface area (TPSA) is 76.4 Å². The van der Waals surface area contributed by atoms with Gasteiger partial charge in [-0.15, -0.1) is 0 Å². The van der Waals surface area contributed by atoms with Gasteiger partial charge in [0.15, 0.2) is 0 Å². The summed E-state index contributed by atoms with van der Waals surface area (Å²) in [7, 11) is 0. The van der Waals surface area contributed by atoms with Gasteiger partial charge < -0.3 is 10.4 Å². The first-order valence-electron chi connectivity index (χ1n) is 8.46. The number of likely N-dealkylation sites (tertiary alicyclic amines) is 1. The van der Waals surface area contributed by atoms with Crippen LogP contribution in [0.3, 0.4) is 0 Å². The van der Waals surface area contributed by atoms with Crippen molar-refractivity contribution < 1.29 is 14.3 Å². The zero-order valence-electron chi connectivity index (χ0n) is 13.5. The summed E-state index contributed by atoms with van der Waals surface area (Å²) in [5.74, 6) is -0.637. The van der Waals surface area contributed by atoms with Crippen molar-refractivity contribution in [3.05, 3.63) is 35.1 Å². The number of nitriles is 1. The van der Waals surface area contributed by atoms with Crippen LogP contribution >= 0.6 is 0 Å². The quantitative estimate of drug-likeness (QED) is 0.858. The van der Waals surface area contributed by atoms with Crippen LogP contribution in [-0.2, 0) is 11.3 Å². The van der Waals surface area contributed by atoms with Crippen LogP contribution in [0.2, 0.25) is 0 Å². The standard InChI is InChI=1S/C18H22FN3O2/c19-15-2-1-13(10-20)14(9-15)11-22-7-5-12(6-8-22)17(23)18(24)21-16-3-4-16/h1-2,9,12,16-17,23H,3-8,11H2,(H,21,24)/t17-/m1/s1. The van der Waals surface area contributed by atoms with Gasteiger partial charge in [0.2, 0.25) is 5.91 Å². The number of amides is 1. The average Bonchev–Trinajstić information content (AvgIpc) is 3.39. The van der Waals surface area contributed by atoms with Crippen LogP contribution < -0.4 is 5.32 Å². The Bertz CT molecular complexity index is 646. The van der Waals surface area contributed by atoms with E-state index in [2.05, 4.69) is 16.3 Å². The molecule has 1 saturated heterocycles. The van der Waals surface area contributed by atoms with Crippen LogP contribution in [0.5, 0.6) is 0 Å². The van der Waals surface area contributed by atoms with Gasteiger partial charge in [0.25, 0.3) is 0 Å². The molecule has 1 amide bonds. The number of carbonyl (C=O) groups is 1. The molecule has 0 radical (unpaired) electrons. The second kappa shape index (κ2) is 7.29. The molecule has 1 aliphatic carbocycles. The van der Waals surface area contributed by atoms with Crippen LogP contribution in [0, 0.1) is 23.1 Å². The lowest BCUT2D eigenvalue weighted by molar-refractivity contribution is -0.133. The highest BCUT2D eigenvalue weighted by molar-refractivity contribution is 5.81. The second-order valence-corrected chi connectivity index (χ2v) is 6.75. The fourth-order valence-electron chi connectivity index (χ4n) is 3.20. The van der Waals surface area contributed by atoms with Crippen molar-refractivity contribution in [2.24, 2.45) is 5.92 Å². The van der Waals surface area contributed by atoms with Gasteiger partial charge in [0.05, 0.1) is 11.6 Å². The first-order valence-corrected chi connectivity index (χ1v) is 8.46. The molecule has 1 aliphatic heterocycles. The van der Waals surface area contributed by atoms with Crippen molar-refractivity contribution in [3.8, 4) is 6.07 Å². The summed E-state index contributed by atoms with van der Waals surface area (Å²) in [5, 5.41) is 22.2. The Morgan fingerprint density at radius 3 is 2.71 bits per heavy atom. The molecule has 0 bridgehead atoms. The summed E-state index contributed by atoms with van der Waals surface area (Å²) in [6.45, 7) is 1.96. The van der Waals surface area contributed by atoms with Gasteiger partial charge in [-0.25, -0.2) is 4.39 Å². The molecule has 5 nitrogen and oxygen atoms in total. The maximum absolute atomic E-state index is 13.4. The summed E-state index contributed by atoms with van der Waals surface area (Å²) in [4.78, 5) is 14.1. The van der Waals surface area contributed by atoms with Crippen LogP contribution in [0.25, 0.3) is 0 Å². The number of halogens is 1. The Labute approximate surface area is 141 Å². The van der Waals surface area contributed by atoms with Gasteiger partial charge in [-0.05, 0) is 68.5 Å². The van der Waals surface area contributed by atoms with Crippen LogP contribution in [0.1, 0.15) is 36.8 Å². The highest BCUT2D eigenvalue weighted by Gasteiger charge is 2.33. The van der Waals surface area contributed by atoms with E-state index in [-0.39, 0.29) is 23.7 Å². The number of hydrogen-bond donors (Lipinski definition) is 2. The highest BCUT2D eigenvalue weighted by Crippen LogP contribution is 2.25. The normalized spacial score (nSPS) is 20.4. The third-order valence-corrected chi connectivity index (χ3v) is 4.85. The molecule has 1 aromatic rings. The predicted molar refractivity (Wildman–Crippen MR) is 86.3 cm³/mol. The number of nitrogens with one attached hydrogen (secondary N) is 1. The minimum absolute atomic E-state index is 0.0389. The molecule has 128 valence electrons. The number of nitrogens with zero attached hydrogens (tertiary/aromatic N) is 2. The van der Waals surface area contributed by atoms with Gasteiger partial charge in [-0.3, -0.25) is 9.69 Å². The predicted octanol–water partition coefficient (Wildman–Crippen LogP) is 1.55. The molecular weight excluding hydrogens is 309 g/mol. The number of carbonyl (C=O) groups excluding carboxylic acids is 1. The van der Waals surface area contributed by atoms with E-state index in [0.717, 1.165) is 38.8 Å². The molecule has 1 heterocycles. The maximum atomic E-state index is 13.4. The lowest BCUT2D eigenvalue weighted by Crippen LogP contribution is -2.45. The van der Waals surface area contributed by atoms with E-state index < -0.39 is 6.10 Å². The molecular formula is C18H22FN3O2. The van der Waals surface area contributed by atoms with E-state index in [1.54, 1.807) is 0 Å². The van der Waals surface area contributed by atoms with Crippen LogP contribution in [0.4, 0.5) is 4.39 Å². The number of aliphatic hydroxyl groups excluding tert-OH is 1. The van der Waals surface area contributed by atoms with E-state index in [0.29, 0.717) is 17.7 Å². The third kappa shape index (κ3) is 4.11. The number of hydrogen-bond acceptors (Lipinski definition) is 4. The summed E-state index contributed by atoms with van der Waals surface area (Å²) in [6.07, 6.45) is 2.50. The molecule has 24 heavy (non-hydrogen) atoms. The summed E-state index contributed by atoms with van der Waals surface area (Å²) < 4.78 is 13.4. The Kier molecular flexibility index (Phi) is 5.12. The summed E-state index contributed by atoms with van der Waals surface area (Å²) in [5.41, 5.74) is 1.17. The van der Waals surface area contributed by atoms with Crippen molar-refractivity contribution in [3.63, 3.8) is 0 Å². The summed E-state index contributed by atoms with van der Waals surface area (Å²) >= 11 is 0. The SMILES string of the molecule is N#Cc1ccc(F)cc1CN1CCC([C@@H](O)C(=O)NC2CC2)CC1. The molecule has 1 aromatic carbocycles. The highest BCUT2D eigenvalue weighted by atomic mass is 19.1. The van der Waals surface area contributed by atoms with Crippen molar-refractivity contribution >= 4 is 5.91 Å². The van der Waals surface area contributed by atoms with Crippen LogP contribution in [0.15, 0.2) is 18.2 Å². The lowest BCUT2D eigenvalue weighted by Gasteiger charge is -2.33. The molecule has 3 rings (SSSR count). The van der Waals surface area contributed by atoms with Gasteiger partial charge in [0.1, 0.15) is 11.9 Å². The minimum Gasteiger partial charge on any atom is -0.383 e. The molecule has 2 aliphatic rings. The number of aliphatic hydroxyl groups is 1. The van der Waals surface area contributed by atoms with Crippen molar-refractivity contribution in [2.75, 3.05) is 13.1 Å². The largest absolute Gasteiger partial charge is 0.383 e. The minimum atomic E-state index is -0.948. The average molecular weight is 331 g/mol. The van der Waals surface area contributed by atoms with Gasteiger partial charge in [-0.2, -0.15) is 5.26 Å². The second-order valence-electron chi connectivity index (χ2n) is 6.75. The maximum Gasteiger partial charge on any atom is 0.249 e. The smallest absolute Gasteiger partial charge is 0.249 e. The van der Waals surface area contributed by atoms with Crippen molar-refractivity contribution in [1.29, 1.82) is 5.26 Å². The zero-order chi connectivity index (χ0) is 17.1. The van der Waals surface area contributed by atoms with Gasteiger partial charge in [0, 0.05) is 12.6 Å². The van der Waals surface area contributed by atoms with E-state index in [9.17, 15) is 14.3 Å². The van der Waals surface area contributed by atoms with Gasteiger partial charge >= 0.3 is 0 Å². The molecule has 6 heteroatoms. The molecule has 0 spiro atoms. The Morgan fingerprint density at radius 1 is 1.38 bits per heavy atom. The Morgan fingerprint density at radius 2 is 2.08 bits per heavy atom. The molecule has 0 aromatic heterocycles. The molecule has 2 N–H and O–H groups in total. The molecule has 1 saturated carbocycles. The fraction of sp³-hybridized carbons (Fsp3) is 0.556. The molecule has 1 atom stereocenters. The fourth-order valence-corrected chi connectivity index (χ4v) is 3.20. The third-order valence-electron chi connectivity index (χ3n) is 4.85. The molecule has 2 fully saturated rings. The van der Waals surface area contributed by atoms with Crippen molar-refractivity contribution in [1.82, 2.24) is 10.2 Å². The Balaban J connectivity index is 1.52. The van der Waals surface area contributed by atoms with Gasteiger partial charge in [-0.1, -0.05) is 0 Å². The number of rotatable bonds is 5. The van der Waals surface area contributed by atoms with E-state index in [1.807, 2.05) is 0 Å².